The maximum absolute atomic E-state index is 10.5. The van der Waals surface area contributed by atoms with Gasteiger partial charge >= 0.3 is 0 Å². The lowest BCUT2D eigenvalue weighted by Gasteiger charge is -2.10. The highest BCUT2D eigenvalue weighted by Crippen LogP contribution is 2.35. The predicted octanol–water partition coefficient (Wildman–Crippen LogP) is 1.94. The van der Waals surface area contributed by atoms with Crippen molar-refractivity contribution in [3.63, 3.8) is 0 Å². The van der Waals surface area contributed by atoms with E-state index in [-0.39, 0.29) is 4.83 Å². The second kappa shape index (κ2) is 3.83. The van der Waals surface area contributed by atoms with E-state index in [1.807, 2.05) is 0 Å². The maximum Gasteiger partial charge on any atom is 0.153 e. The summed E-state index contributed by atoms with van der Waals surface area (Å²) in [5.74, 6) is 0.669. The van der Waals surface area contributed by atoms with Crippen LogP contribution in [-0.4, -0.2) is 19.3 Å². The van der Waals surface area contributed by atoms with Crippen LogP contribution in [0.5, 0.6) is 0 Å². The number of hydrogen-bond donors (Lipinski definition) is 1. The zero-order valence-electron chi connectivity index (χ0n) is 6.12. The molecule has 64 valence electrons. The van der Waals surface area contributed by atoms with Crippen LogP contribution in [0.4, 0.5) is 0 Å². The zero-order valence-corrected chi connectivity index (χ0v) is 8.53. The summed E-state index contributed by atoms with van der Waals surface area (Å²) in [6.45, 7) is 3.87. The van der Waals surface area contributed by atoms with Crippen LogP contribution in [-0.2, 0) is 11.1 Å². The summed E-state index contributed by atoms with van der Waals surface area (Å²) >= 11 is 1.79. The molecule has 3 unspecified atom stereocenters. The van der Waals surface area contributed by atoms with Gasteiger partial charge in [0.1, 0.15) is 0 Å². The van der Waals surface area contributed by atoms with E-state index in [0.29, 0.717) is 11.7 Å². The lowest BCUT2D eigenvalue weighted by atomic mass is 10.1. The van der Waals surface area contributed by atoms with Gasteiger partial charge in [0.2, 0.25) is 0 Å². The van der Waals surface area contributed by atoms with Crippen molar-refractivity contribution < 1.29 is 8.76 Å². The average molecular weight is 239 g/mol. The molecule has 1 rings (SSSR count). The van der Waals surface area contributed by atoms with Crippen molar-refractivity contribution >= 4 is 27.0 Å². The van der Waals surface area contributed by atoms with Crippen molar-refractivity contribution in [2.24, 2.45) is 5.92 Å². The van der Waals surface area contributed by atoms with E-state index in [0.717, 1.165) is 18.4 Å². The van der Waals surface area contributed by atoms with Gasteiger partial charge in [0.05, 0.1) is 5.75 Å². The summed E-state index contributed by atoms with van der Waals surface area (Å²) in [6.07, 6.45) is 1.97. The van der Waals surface area contributed by atoms with Crippen LogP contribution in [0.1, 0.15) is 12.8 Å². The molecule has 1 aliphatic rings. The molecule has 1 fully saturated rings. The fourth-order valence-electron chi connectivity index (χ4n) is 1.34. The molecule has 1 aliphatic carbocycles. The molecule has 2 nitrogen and oxygen atoms in total. The highest BCUT2D eigenvalue weighted by molar-refractivity contribution is 9.09. The second-order valence-electron chi connectivity index (χ2n) is 2.85. The molecular weight excluding hydrogens is 228 g/mol. The first-order valence-corrected chi connectivity index (χ1v) is 5.69. The highest BCUT2D eigenvalue weighted by atomic mass is 79.9. The van der Waals surface area contributed by atoms with Crippen LogP contribution in [0, 0.1) is 5.92 Å². The molecule has 0 aromatic carbocycles. The first-order valence-electron chi connectivity index (χ1n) is 3.50. The van der Waals surface area contributed by atoms with Gasteiger partial charge in [0.25, 0.3) is 0 Å². The van der Waals surface area contributed by atoms with Gasteiger partial charge in [0, 0.05) is 4.83 Å². The SMILES string of the molecule is C=C1CCC(CS(=O)O)C1Br. The highest BCUT2D eigenvalue weighted by Gasteiger charge is 2.28. The van der Waals surface area contributed by atoms with E-state index >= 15 is 0 Å². The molecule has 4 heteroatoms. The minimum atomic E-state index is -1.66. The minimum Gasteiger partial charge on any atom is -0.306 e. The molecule has 0 bridgehead atoms. The number of hydrogen-bond acceptors (Lipinski definition) is 1. The minimum absolute atomic E-state index is 0.249. The fraction of sp³-hybridized carbons (Fsp3) is 0.714. The summed E-state index contributed by atoms with van der Waals surface area (Å²) in [4.78, 5) is 0.249. The Morgan fingerprint density at radius 3 is 2.82 bits per heavy atom. The first-order chi connectivity index (χ1) is 5.11. The van der Waals surface area contributed by atoms with E-state index in [9.17, 15) is 4.21 Å². The van der Waals surface area contributed by atoms with E-state index in [1.54, 1.807) is 0 Å². The number of rotatable bonds is 2. The molecule has 11 heavy (non-hydrogen) atoms. The quantitative estimate of drug-likeness (QED) is 0.454. The van der Waals surface area contributed by atoms with Gasteiger partial charge < -0.3 is 4.55 Å². The van der Waals surface area contributed by atoms with Crippen LogP contribution in [0.3, 0.4) is 0 Å². The van der Waals surface area contributed by atoms with Gasteiger partial charge in [-0.3, -0.25) is 0 Å². The Morgan fingerprint density at radius 1 is 1.82 bits per heavy atom. The lowest BCUT2D eigenvalue weighted by molar-refractivity contribution is 0.540. The van der Waals surface area contributed by atoms with Gasteiger partial charge in [-0.2, -0.15) is 0 Å². The number of allylic oxidation sites excluding steroid dienone is 1. The largest absolute Gasteiger partial charge is 0.306 e. The molecule has 0 aliphatic heterocycles. The molecule has 1 saturated carbocycles. The Morgan fingerprint density at radius 2 is 2.45 bits per heavy atom. The normalized spacial score (nSPS) is 34.2. The van der Waals surface area contributed by atoms with E-state index in [4.69, 9.17) is 4.55 Å². The molecule has 0 aromatic heterocycles. The summed E-state index contributed by atoms with van der Waals surface area (Å²) in [7, 11) is 0. The second-order valence-corrected chi connectivity index (χ2v) is 4.81. The van der Waals surface area contributed by atoms with Gasteiger partial charge in [-0.1, -0.05) is 28.1 Å². The Bertz CT molecular complexity index is 193. The van der Waals surface area contributed by atoms with Crippen molar-refractivity contribution in [2.75, 3.05) is 5.75 Å². The molecular formula is C7H11BrO2S. The molecule has 0 saturated heterocycles. The van der Waals surface area contributed by atoms with E-state index < -0.39 is 11.1 Å². The van der Waals surface area contributed by atoms with E-state index in [1.165, 1.54) is 0 Å². The maximum atomic E-state index is 10.5. The molecule has 0 radical (unpaired) electrons. The van der Waals surface area contributed by atoms with E-state index in [2.05, 4.69) is 22.5 Å². The van der Waals surface area contributed by atoms with Gasteiger partial charge in [0.15, 0.2) is 11.1 Å². The number of alkyl halides is 1. The van der Waals surface area contributed by atoms with Crippen molar-refractivity contribution in [3.05, 3.63) is 12.2 Å². The predicted molar refractivity (Wildman–Crippen MR) is 50.2 cm³/mol. The standard InChI is InChI=1S/C7H11BrO2S/c1-5-2-3-6(7(5)8)4-11(9)10/h6-7H,1-4H2,(H,9,10). The van der Waals surface area contributed by atoms with Gasteiger partial charge in [-0.25, -0.2) is 4.21 Å². The van der Waals surface area contributed by atoms with Crippen molar-refractivity contribution in [1.29, 1.82) is 0 Å². The molecule has 0 aromatic rings. The summed E-state index contributed by atoms with van der Waals surface area (Å²) in [5, 5.41) is 0. The fourth-order valence-corrected chi connectivity index (χ4v) is 2.99. The average Bonchev–Trinajstić information content (AvgIpc) is 2.18. The summed E-state index contributed by atoms with van der Waals surface area (Å²) in [6, 6.07) is 0. The van der Waals surface area contributed by atoms with Crippen LogP contribution < -0.4 is 0 Å². The Kier molecular flexibility index (Phi) is 3.28. The summed E-state index contributed by atoms with van der Waals surface area (Å²) in [5.41, 5.74) is 1.15. The lowest BCUT2D eigenvalue weighted by Crippen LogP contribution is -2.15. The Hall–Kier alpha value is 0.330. The molecule has 0 spiro atoms. The molecule has 1 N–H and O–H groups in total. The van der Waals surface area contributed by atoms with Crippen molar-refractivity contribution in [1.82, 2.24) is 0 Å². The van der Waals surface area contributed by atoms with Gasteiger partial charge in [-0.15, -0.1) is 0 Å². The molecule has 3 atom stereocenters. The third-order valence-corrected chi connectivity index (χ3v) is 4.11. The van der Waals surface area contributed by atoms with Crippen molar-refractivity contribution in [2.45, 2.75) is 17.7 Å². The van der Waals surface area contributed by atoms with Crippen LogP contribution in [0.2, 0.25) is 0 Å². The van der Waals surface area contributed by atoms with Crippen LogP contribution in [0.15, 0.2) is 12.2 Å². The Labute approximate surface area is 77.5 Å². The third kappa shape index (κ3) is 2.39. The van der Waals surface area contributed by atoms with Gasteiger partial charge in [-0.05, 0) is 18.8 Å². The topological polar surface area (TPSA) is 37.3 Å². The van der Waals surface area contributed by atoms with Crippen LogP contribution >= 0.6 is 15.9 Å². The van der Waals surface area contributed by atoms with Crippen molar-refractivity contribution in [3.8, 4) is 0 Å². The monoisotopic (exact) mass is 238 g/mol. The summed E-state index contributed by atoms with van der Waals surface area (Å²) < 4.78 is 19.1. The first kappa shape index (κ1) is 9.42. The number of halogens is 1. The zero-order chi connectivity index (χ0) is 8.43. The Balaban J connectivity index is 2.48. The molecule has 0 amide bonds. The smallest absolute Gasteiger partial charge is 0.153 e. The molecule has 0 heterocycles. The van der Waals surface area contributed by atoms with Crippen LogP contribution in [0.25, 0.3) is 0 Å². The third-order valence-electron chi connectivity index (χ3n) is 2.00.